The largest absolute Gasteiger partial charge is 0.317 e. The summed E-state index contributed by atoms with van der Waals surface area (Å²) < 4.78 is 27.6. The van der Waals surface area contributed by atoms with Crippen molar-refractivity contribution < 1.29 is 8.78 Å². The van der Waals surface area contributed by atoms with E-state index in [0.717, 1.165) is 18.5 Å². The Morgan fingerprint density at radius 3 is 2.88 bits per heavy atom. The fourth-order valence-electron chi connectivity index (χ4n) is 2.28. The molecule has 1 heterocycles. The number of nitrogens with one attached hydrogen (secondary N) is 1. The molecule has 1 N–H and O–H groups in total. The molecule has 0 saturated carbocycles. The molecule has 0 spiro atoms. The molecule has 1 aliphatic rings. The molecular weight excluding hydrogens is 244 g/mol. The monoisotopic (exact) mass is 259 g/mol. The molecule has 1 fully saturated rings. The minimum atomic E-state index is -1.19. The Morgan fingerprint density at radius 1 is 1.29 bits per heavy atom. The van der Waals surface area contributed by atoms with E-state index in [0.29, 0.717) is 25.8 Å². The van der Waals surface area contributed by atoms with Crippen LogP contribution >= 0.6 is 11.6 Å². The van der Waals surface area contributed by atoms with Crippen molar-refractivity contribution in [2.75, 3.05) is 13.1 Å². The minimum Gasteiger partial charge on any atom is -0.317 e. The standard InChI is InChI=1S/C13H16ClF2N/c14-11-8-10(2-3-12(11)15)9-13(16)4-1-6-17-7-5-13/h2-3,8,17H,1,4-7,9H2. The lowest BCUT2D eigenvalue weighted by Crippen LogP contribution is -2.27. The van der Waals surface area contributed by atoms with Crippen molar-refractivity contribution in [1.29, 1.82) is 0 Å². The number of benzene rings is 1. The van der Waals surface area contributed by atoms with Crippen molar-refractivity contribution in [2.24, 2.45) is 0 Å². The van der Waals surface area contributed by atoms with Crippen molar-refractivity contribution in [3.05, 3.63) is 34.6 Å². The lowest BCUT2D eigenvalue weighted by molar-refractivity contribution is 0.144. The van der Waals surface area contributed by atoms with E-state index >= 15 is 0 Å². The smallest absolute Gasteiger partial charge is 0.141 e. The summed E-state index contributed by atoms with van der Waals surface area (Å²) in [7, 11) is 0. The van der Waals surface area contributed by atoms with Crippen molar-refractivity contribution in [3.8, 4) is 0 Å². The second-order valence-electron chi connectivity index (χ2n) is 4.68. The maximum atomic E-state index is 14.6. The topological polar surface area (TPSA) is 12.0 Å². The number of hydrogen-bond acceptors (Lipinski definition) is 1. The van der Waals surface area contributed by atoms with Crippen molar-refractivity contribution in [1.82, 2.24) is 5.32 Å². The van der Waals surface area contributed by atoms with Gasteiger partial charge in [0, 0.05) is 6.42 Å². The van der Waals surface area contributed by atoms with Crippen molar-refractivity contribution >= 4 is 11.6 Å². The Balaban J connectivity index is 2.10. The summed E-state index contributed by atoms with van der Waals surface area (Å²) in [4.78, 5) is 0. The van der Waals surface area contributed by atoms with Crippen LogP contribution in [-0.4, -0.2) is 18.8 Å². The first-order valence-electron chi connectivity index (χ1n) is 5.93. The Bertz CT molecular complexity index is 387. The average Bonchev–Trinajstić information content (AvgIpc) is 2.49. The number of hydrogen-bond donors (Lipinski definition) is 1. The van der Waals surface area contributed by atoms with Gasteiger partial charge in [-0.05, 0) is 50.0 Å². The van der Waals surface area contributed by atoms with Gasteiger partial charge in [-0.1, -0.05) is 17.7 Å². The summed E-state index contributed by atoms with van der Waals surface area (Å²) in [6.45, 7) is 1.57. The van der Waals surface area contributed by atoms with E-state index in [9.17, 15) is 8.78 Å². The summed E-state index contributed by atoms with van der Waals surface area (Å²) in [6.07, 6.45) is 2.21. The van der Waals surface area contributed by atoms with E-state index in [-0.39, 0.29) is 5.02 Å². The van der Waals surface area contributed by atoms with E-state index < -0.39 is 11.5 Å². The van der Waals surface area contributed by atoms with Crippen LogP contribution in [0.3, 0.4) is 0 Å². The van der Waals surface area contributed by atoms with Crippen LogP contribution in [0.25, 0.3) is 0 Å². The summed E-state index contributed by atoms with van der Waals surface area (Å²) >= 11 is 5.70. The molecule has 94 valence electrons. The molecule has 0 bridgehead atoms. The van der Waals surface area contributed by atoms with E-state index in [1.54, 1.807) is 6.07 Å². The van der Waals surface area contributed by atoms with Crippen LogP contribution in [0, 0.1) is 5.82 Å². The highest BCUT2D eigenvalue weighted by molar-refractivity contribution is 6.30. The highest BCUT2D eigenvalue weighted by Gasteiger charge is 2.30. The van der Waals surface area contributed by atoms with Crippen LogP contribution < -0.4 is 5.32 Å². The Hall–Kier alpha value is -0.670. The van der Waals surface area contributed by atoms with Gasteiger partial charge < -0.3 is 5.32 Å². The van der Waals surface area contributed by atoms with Crippen LogP contribution in [-0.2, 0) is 6.42 Å². The third kappa shape index (κ3) is 3.39. The molecule has 1 unspecified atom stereocenters. The minimum absolute atomic E-state index is 0.0675. The average molecular weight is 260 g/mol. The SMILES string of the molecule is Fc1ccc(CC2(F)CCCNCC2)cc1Cl. The predicted octanol–water partition coefficient (Wildman–Crippen LogP) is 3.50. The van der Waals surface area contributed by atoms with E-state index in [4.69, 9.17) is 11.6 Å². The molecule has 4 heteroatoms. The van der Waals surface area contributed by atoms with Gasteiger partial charge in [0.1, 0.15) is 11.5 Å². The first-order chi connectivity index (χ1) is 8.09. The van der Waals surface area contributed by atoms with Crippen molar-refractivity contribution in [3.63, 3.8) is 0 Å². The Kier molecular flexibility index (Phi) is 4.00. The molecule has 0 radical (unpaired) electrons. The number of alkyl halides is 1. The molecule has 1 aromatic carbocycles. The molecular formula is C13H16ClF2N. The zero-order valence-corrected chi connectivity index (χ0v) is 10.4. The molecule has 1 aromatic rings. The molecule has 1 nitrogen and oxygen atoms in total. The molecule has 0 aliphatic carbocycles. The van der Waals surface area contributed by atoms with Gasteiger partial charge in [0.15, 0.2) is 0 Å². The number of rotatable bonds is 2. The van der Waals surface area contributed by atoms with Gasteiger partial charge in [0.25, 0.3) is 0 Å². The third-order valence-electron chi connectivity index (χ3n) is 3.23. The zero-order valence-electron chi connectivity index (χ0n) is 9.61. The zero-order chi connectivity index (χ0) is 12.3. The maximum absolute atomic E-state index is 14.6. The van der Waals surface area contributed by atoms with E-state index in [2.05, 4.69) is 5.32 Å². The van der Waals surface area contributed by atoms with Gasteiger partial charge in [-0.15, -0.1) is 0 Å². The number of halogens is 3. The quantitative estimate of drug-likeness (QED) is 0.857. The van der Waals surface area contributed by atoms with Gasteiger partial charge in [0.05, 0.1) is 5.02 Å². The lowest BCUT2D eigenvalue weighted by atomic mass is 9.89. The lowest BCUT2D eigenvalue weighted by Gasteiger charge is -2.23. The van der Waals surface area contributed by atoms with Gasteiger partial charge in [-0.3, -0.25) is 0 Å². The van der Waals surface area contributed by atoms with Crippen molar-refractivity contribution in [2.45, 2.75) is 31.4 Å². The van der Waals surface area contributed by atoms with Crippen LogP contribution in [0.4, 0.5) is 8.78 Å². The first-order valence-corrected chi connectivity index (χ1v) is 6.30. The van der Waals surface area contributed by atoms with Crippen LogP contribution in [0.2, 0.25) is 5.02 Å². The summed E-state index contributed by atoms with van der Waals surface area (Å²) in [5, 5.41) is 3.25. The first kappa shape index (κ1) is 12.8. The van der Waals surface area contributed by atoms with E-state index in [1.165, 1.54) is 12.1 Å². The second kappa shape index (κ2) is 5.32. The van der Waals surface area contributed by atoms with E-state index in [1.807, 2.05) is 0 Å². The second-order valence-corrected chi connectivity index (χ2v) is 5.09. The summed E-state index contributed by atoms with van der Waals surface area (Å²) in [5.41, 5.74) is -0.425. The normalized spacial score (nSPS) is 25.6. The van der Waals surface area contributed by atoms with Gasteiger partial charge in [0.2, 0.25) is 0 Å². The van der Waals surface area contributed by atoms with Crippen LogP contribution in [0.5, 0.6) is 0 Å². The third-order valence-corrected chi connectivity index (χ3v) is 3.52. The maximum Gasteiger partial charge on any atom is 0.141 e. The highest BCUT2D eigenvalue weighted by Crippen LogP contribution is 2.29. The summed E-state index contributed by atoms with van der Waals surface area (Å²) in [5.74, 6) is -0.453. The molecule has 17 heavy (non-hydrogen) atoms. The van der Waals surface area contributed by atoms with Crippen LogP contribution in [0.15, 0.2) is 18.2 Å². The molecule has 1 atom stereocenters. The van der Waals surface area contributed by atoms with Gasteiger partial charge in [-0.25, -0.2) is 8.78 Å². The fraction of sp³-hybridized carbons (Fsp3) is 0.538. The molecule has 1 saturated heterocycles. The molecule has 0 amide bonds. The van der Waals surface area contributed by atoms with Gasteiger partial charge >= 0.3 is 0 Å². The molecule has 0 aromatic heterocycles. The fourth-order valence-corrected chi connectivity index (χ4v) is 2.49. The van der Waals surface area contributed by atoms with Gasteiger partial charge in [-0.2, -0.15) is 0 Å². The summed E-state index contributed by atoms with van der Waals surface area (Å²) in [6, 6.07) is 4.44. The highest BCUT2D eigenvalue weighted by atomic mass is 35.5. The predicted molar refractivity (Wildman–Crippen MR) is 65.7 cm³/mol. The Labute approximate surface area is 105 Å². The molecule has 1 aliphatic heterocycles. The Morgan fingerprint density at radius 2 is 2.12 bits per heavy atom. The molecule has 2 rings (SSSR count). The van der Waals surface area contributed by atoms with Crippen LogP contribution in [0.1, 0.15) is 24.8 Å².